The highest BCUT2D eigenvalue weighted by atomic mass is 32.2. The Labute approximate surface area is 282 Å². The van der Waals surface area contributed by atoms with E-state index in [2.05, 4.69) is 10.6 Å². The number of β-lactam (4-membered cyclic amide) rings is 1. The highest BCUT2D eigenvalue weighted by Crippen LogP contribution is 2.41. The second-order valence-electron chi connectivity index (χ2n) is 11.1. The molecule has 2 aliphatic rings. The summed E-state index contributed by atoms with van der Waals surface area (Å²) in [6, 6.07) is 33.9. The van der Waals surface area contributed by atoms with Crippen LogP contribution in [0, 0.1) is 0 Å². The van der Waals surface area contributed by atoms with Gasteiger partial charge in [0.05, 0.1) is 19.2 Å². The van der Waals surface area contributed by atoms with E-state index in [0.29, 0.717) is 5.75 Å². The van der Waals surface area contributed by atoms with Crippen LogP contribution in [0.25, 0.3) is 0 Å². The maximum atomic E-state index is 14.1. The summed E-state index contributed by atoms with van der Waals surface area (Å²) in [5, 5.41) is 4.93. The summed E-state index contributed by atoms with van der Waals surface area (Å²) in [5.74, 6) is -0.771. The number of ether oxygens (including phenoxy) is 3. The highest BCUT2D eigenvalue weighted by Gasteiger charge is 2.55. The van der Waals surface area contributed by atoms with Crippen molar-refractivity contribution in [3.05, 3.63) is 149 Å². The van der Waals surface area contributed by atoms with E-state index in [1.54, 1.807) is 31.4 Å². The fourth-order valence-corrected chi connectivity index (χ4v) is 6.77. The first-order valence-electron chi connectivity index (χ1n) is 15.3. The summed E-state index contributed by atoms with van der Waals surface area (Å²) in [6.07, 6.45) is -1.48. The summed E-state index contributed by atoms with van der Waals surface area (Å²) in [7, 11) is 1.56. The van der Waals surface area contributed by atoms with Crippen molar-refractivity contribution in [2.24, 2.45) is 0 Å². The fraction of sp³-hybridized carbons (Fsp3) is 0.189. The summed E-state index contributed by atoms with van der Waals surface area (Å²) >= 11 is 1.32. The zero-order valence-electron chi connectivity index (χ0n) is 26.0. The van der Waals surface area contributed by atoms with Crippen LogP contribution < -0.4 is 15.4 Å². The van der Waals surface area contributed by atoms with Gasteiger partial charge in [0.2, 0.25) is 5.91 Å². The van der Waals surface area contributed by atoms with Crippen LogP contribution in [0.5, 0.6) is 5.75 Å². The van der Waals surface area contributed by atoms with Gasteiger partial charge < -0.3 is 19.5 Å². The van der Waals surface area contributed by atoms with Crippen molar-refractivity contribution in [1.29, 1.82) is 0 Å². The number of nitrogens with zero attached hydrogens (tertiary/aromatic N) is 1. The minimum absolute atomic E-state index is 0.0269. The van der Waals surface area contributed by atoms with Gasteiger partial charge in [-0.3, -0.25) is 19.8 Å². The molecule has 4 aromatic carbocycles. The molecule has 1 saturated heterocycles. The van der Waals surface area contributed by atoms with E-state index in [1.807, 2.05) is 91.0 Å². The van der Waals surface area contributed by atoms with Gasteiger partial charge in [0, 0.05) is 5.75 Å². The predicted octanol–water partition coefficient (Wildman–Crippen LogP) is 5.11. The summed E-state index contributed by atoms with van der Waals surface area (Å²) in [5.41, 5.74) is 3.08. The molecular formula is C37H33N3O7S. The zero-order valence-corrected chi connectivity index (χ0v) is 26.9. The van der Waals surface area contributed by atoms with Gasteiger partial charge in [-0.2, -0.15) is 0 Å². The normalized spacial score (nSPS) is 16.8. The number of methoxy groups -OCH3 is 1. The van der Waals surface area contributed by atoms with E-state index < -0.39 is 35.5 Å². The van der Waals surface area contributed by atoms with Crippen LogP contribution in [0.1, 0.15) is 28.4 Å². The molecule has 6 rings (SSSR count). The minimum atomic E-state index is -0.850. The number of alkyl carbamates (subject to hydrolysis) is 1. The van der Waals surface area contributed by atoms with E-state index >= 15 is 0 Å². The number of hydrogen-bond donors (Lipinski definition) is 2. The first-order valence-corrected chi connectivity index (χ1v) is 16.3. The Bertz CT molecular complexity index is 1760. The van der Waals surface area contributed by atoms with E-state index in [9.17, 15) is 19.2 Å². The molecule has 2 atom stereocenters. The van der Waals surface area contributed by atoms with Gasteiger partial charge in [-0.15, -0.1) is 11.8 Å². The van der Waals surface area contributed by atoms with E-state index in [-0.39, 0.29) is 36.1 Å². The molecule has 2 heterocycles. The van der Waals surface area contributed by atoms with Crippen molar-refractivity contribution >= 4 is 35.6 Å². The van der Waals surface area contributed by atoms with Crippen molar-refractivity contribution in [1.82, 2.24) is 15.5 Å². The Morgan fingerprint density at radius 2 is 1.44 bits per heavy atom. The van der Waals surface area contributed by atoms with E-state index in [0.717, 1.165) is 22.3 Å². The number of benzene rings is 4. The van der Waals surface area contributed by atoms with Gasteiger partial charge in [-0.05, 0) is 34.4 Å². The molecule has 2 N–H and O–H groups in total. The molecule has 0 radical (unpaired) electrons. The number of esters is 1. The average Bonchev–Trinajstić information content (AvgIpc) is 3.13. The highest BCUT2D eigenvalue weighted by molar-refractivity contribution is 8.00. The first-order chi connectivity index (χ1) is 23.4. The molecule has 0 aromatic heterocycles. The van der Waals surface area contributed by atoms with E-state index in [1.165, 1.54) is 16.7 Å². The van der Waals surface area contributed by atoms with Crippen molar-refractivity contribution in [2.75, 3.05) is 12.9 Å². The second-order valence-corrected chi connectivity index (χ2v) is 12.2. The van der Waals surface area contributed by atoms with Crippen molar-refractivity contribution in [3.8, 4) is 5.75 Å². The topological polar surface area (TPSA) is 123 Å². The molecule has 0 saturated carbocycles. The lowest BCUT2D eigenvalue weighted by atomic mass is 10.0. The number of hydrogen-bond acceptors (Lipinski definition) is 8. The first kappa shape index (κ1) is 32.4. The zero-order chi connectivity index (χ0) is 33.5. The second kappa shape index (κ2) is 14.9. The molecule has 0 spiro atoms. The molecular weight excluding hydrogens is 630 g/mol. The predicted molar refractivity (Wildman–Crippen MR) is 179 cm³/mol. The molecule has 0 bridgehead atoms. The lowest BCUT2D eigenvalue weighted by molar-refractivity contribution is -0.154. The van der Waals surface area contributed by atoms with Gasteiger partial charge in [-0.1, -0.05) is 103 Å². The molecule has 3 amide bonds. The molecule has 10 nitrogen and oxygen atoms in total. The number of fused-ring (bicyclic) bond motifs is 1. The Hall–Kier alpha value is -5.55. The maximum Gasteiger partial charge on any atom is 0.411 e. The Kier molecular flexibility index (Phi) is 10.1. The lowest BCUT2D eigenvalue weighted by Crippen LogP contribution is -2.71. The van der Waals surface area contributed by atoms with Gasteiger partial charge in [0.25, 0.3) is 5.91 Å². The standard InChI is InChI=1S/C37H33N3O7S/c1-45-28-19-17-25(18-20-28)22-46-37(44)38-29-23-48-35-31(39-30(41)21-24-11-5-2-6-12-24)34(42)40(35)32(29)36(43)47-33(26-13-7-3-8-14-26)27-15-9-4-10-16-27/h2-20,31,33,35H,21-23H2,1H3,(H,38,44)(H,39,41)/t31?,35-/m0/s1. The van der Waals surface area contributed by atoms with Crippen molar-refractivity contribution < 1.29 is 33.4 Å². The molecule has 244 valence electrons. The quantitative estimate of drug-likeness (QED) is 0.168. The fourth-order valence-electron chi connectivity index (χ4n) is 5.49. The molecule has 1 unspecified atom stereocenters. The summed E-state index contributed by atoms with van der Waals surface area (Å²) in [6.45, 7) is -0.0269. The lowest BCUT2D eigenvalue weighted by Gasteiger charge is -2.49. The SMILES string of the molecule is COc1ccc(COC(=O)NC2=C(C(=O)OC(c3ccccc3)c3ccccc3)N3C(=O)C(NC(=O)Cc4ccccc4)[C@@H]3SC2)cc1. The summed E-state index contributed by atoms with van der Waals surface area (Å²) < 4.78 is 16.7. The smallest absolute Gasteiger partial charge is 0.411 e. The number of nitrogens with one attached hydrogen (secondary N) is 2. The molecule has 48 heavy (non-hydrogen) atoms. The van der Waals surface area contributed by atoms with Crippen molar-refractivity contribution in [3.63, 3.8) is 0 Å². The van der Waals surface area contributed by atoms with E-state index in [4.69, 9.17) is 14.2 Å². The third kappa shape index (κ3) is 7.37. The number of thioether (sulfide) groups is 1. The van der Waals surface area contributed by atoms with Crippen LogP contribution in [0.3, 0.4) is 0 Å². The minimum Gasteiger partial charge on any atom is -0.497 e. The molecule has 4 aromatic rings. The molecule has 1 fully saturated rings. The number of carbonyl (C=O) groups excluding carboxylic acids is 4. The van der Waals surface area contributed by atoms with Crippen LogP contribution >= 0.6 is 11.8 Å². The van der Waals surface area contributed by atoms with Gasteiger partial charge in [-0.25, -0.2) is 9.59 Å². The Balaban J connectivity index is 1.24. The van der Waals surface area contributed by atoms with Crippen LogP contribution in [-0.2, 0) is 36.9 Å². The van der Waals surface area contributed by atoms with Crippen LogP contribution in [0.15, 0.2) is 127 Å². The maximum absolute atomic E-state index is 14.1. The van der Waals surface area contributed by atoms with Crippen LogP contribution in [-0.4, -0.2) is 53.1 Å². The molecule has 11 heteroatoms. The van der Waals surface area contributed by atoms with Gasteiger partial charge in [0.15, 0.2) is 11.8 Å². The third-order valence-electron chi connectivity index (χ3n) is 7.90. The monoisotopic (exact) mass is 663 g/mol. The largest absolute Gasteiger partial charge is 0.497 e. The number of carbonyl (C=O) groups is 4. The average molecular weight is 664 g/mol. The van der Waals surface area contributed by atoms with Crippen LogP contribution in [0.4, 0.5) is 4.79 Å². The van der Waals surface area contributed by atoms with Crippen LogP contribution in [0.2, 0.25) is 0 Å². The number of rotatable bonds is 11. The Morgan fingerprint density at radius 1 is 0.833 bits per heavy atom. The van der Waals surface area contributed by atoms with Crippen molar-refractivity contribution in [2.45, 2.75) is 30.5 Å². The number of amides is 3. The van der Waals surface area contributed by atoms with Gasteiger partial charge >= 0.3 is 12.1 Å². The molecule has 2 aliphatic heterocycles. The Morgan fingerprint density at radius 3 is 2.04 bits per heavy atom. The third-order valence-corrected chi connectivity index (χ3v) is 9.18. The van der Waals surface area contributed by atoms with Gasteiger partial charge in [0.1, 0.15) is 23.8 Å². The molecule has 0 aliphatic carbocycles. The summed E-state index contributed by atoms with van der Waals surface area (Å²) in [4.78, 5) is 54.9.